The summed E-state index contributed by atoms with van der Waals surface area (Å²) in [5, 5.41) is 14.0. The van der Waals surface area contributed by atoms with Crippen molar-refractivity contribution >= 4 is 0 Å². The summed E-state index contributed by atoms with van der Waals surface area (Å²) in [7, 11) is 0. The molecule has 1 saturated heterocycles. The number of phenolic OH excluding ortho intramolecular Hbond substituents is 1. The highest BCUT2D eigenvalue weighted by molar-refractivity contribution is 5.41. The Morgan fingerprint density at radius 1 is 1.15 bits per heavy atom. The van der Waals surface area contributed by atoms with Crippen molar-refractivity contribution in [1.82, 2.24) is 10.2 Å². The molecule has 0 aromatic heterocycles. The Morgan fingerprint density at radius 2 is 1.92 bits per heavy atom. The molecule has 1 heterocycles. The van der Waals surface area contributed by atoms with Crippen molar-refractivity contribution in [3.8, 4) is 11.5 Å². The van der Waals surface area contributed by atoms with Gasteiger partial charge in [0, 0.05) is 43.9 Å². The van der Waals surface area contributed by atoms with E-state index in [1.54, 1.807) is 6.07 Å². The van der Waals surface area contributed by atoms with Crippen LogP contribution in [-0.4, -0.2) is 36.2 Å². The highest BCUT2D eigenvalue weighted by Gasteiger charge is 2.24. The second-order valence-corrected chi connectivity index (χ2v) is 6.66. The zero-order chi connectivity index (χ0) is 18.2. The minimum atomic E-state index is 0.207. The molecule has 0 bridgehead atoms. The molecule has 3 rings (SSSR count). The average Bonchev–Trinajstić information content (AvgIpc) is 2.69. The average molecular weight is 352 g/mol. The van der Waals surface area contributed by atoms with E-state index in [1.807, 2.05) is 48.5 Å². The van der Waals surface area contributed by atoms with Crippen LogP contribution in [0, 0.1) is 0 Å². The predicted octanol–water partition coefficient (Wildman–Crippen LogP) is 3.88. The first-order chi connectivity index (χ1) is 12.8. The molecule has 0 aliphatic carbocycles. The van der Waals surface area contributed by atoms with Gasteiger partial charge in [-0.15, -0.1) is 6.58 Å². The summed E-state index contributed by atoms with van der Waals surface area (Å²) in [5.41, 5.74) is 2.08. The number of phenols is 1. The summed E-state index contributed by atoms with van der Waals surface area (Å²) in [6, 6.07) is 16.0. The highest BCUT2D eigenvalue weighted by Crippen LogP contribution is 2.35. The maximum atomic E-state index is 10.6. The number of nitrogens with zero attached hydrogens (tertiary/aromatic N) is 1. The number of allylic oxidation sites excluding steroid dienone is 1. The van der Waals surface area contributed by atoms with Crippen LogP contribution in [0.4, 0.5) is 0 Å². The van der Waals surface area contributed by atoms with Crippen molar-refractivity contribution in [3.05, 3.63) is 72.3 Å². The van der Waals surface area contributed by atoms with Gasteiger partial charge < -0.3 is 15.2 Å². The molecule has 0 unspecified atom stereocenters. The molecule has 1 atom stereocenters. The van der Waals surface area contributed by atoms with Gasteiger partial charge in [0.15, 0.2) is 0 Å². The Bertz CT molecular complexity index is 697. The third-order valence-corrected chi connectivity index (χ3v) is 4.85. The molecule has 2 aromatic carbocycles. The molecule has 0 saturated carbocycles. The number of hydrogen-bond acceptors (Lipinski definition) is 4. The van der Waals surface area contributed by atoms with E-state index in [0.717, 1.165) is 50.1 Å². The van der Waals surface area contributed by atoms with Crippen LogP contribution < -0.4 is 10.1 Å². The monoisotopic (exact) mass is 352 g/mol. The standard InChI is InChI=1S/C22H28N2O2/c1-2-3-9-21(24-14-12-23-13-15-24)20-11-10-19(16-22(20)25)26-17-18-7-5-4-6-8-18/h2,4-8,10-11,16,21,23,25H,1,3,9,12-15,17H2/t21-/m1/s1. The summed E-state index contributed by atoms with van der Waals surface area (Å²) in [4.78, 5) is 2.44. The maximum Gasteiger partial charge on any atom is 0.124 e. The van der Waals surface area contributed by atoms with Gasteiger partial charge in [-0.05, 0) is 24.5 Å². The van der Waals surface area contributed by atoms with E-state index in [1.165, 1.54) is 0 Å². The summed E-state index contributed by atoms with van der Waals surface area (Å²) in [5.74, 6) is 1.00. The molecule has 2 N–H and O–H groups in total. The molecule has 2 aromatic rings. The first kappa shape index (κ1) is 18.5. The van der Waals surface area contributed by atoms with Crippen LogP contribution in [0.15, 0.2) is 61.2 Å². The molecule has 0 amide bonds. The highest BCUT2D eigenvalue weighted by atomic mass is 16.5. The number of nitrogens with one attached hydrogen (secondary N) is 1. The van der Waals surface area contributed by atoms with E-state index < -0.39 is 0 Å². The van der Waals surface area contributed by atoms with Crippen molar-refractivity contribution in [3.63, 3.8) is 0 Å². The van der Waals surface area contributed by atoms with Gasteiger partial charge in [0.05, 0.1) is 0 Å². The molecule has 0 radical (unpaired) electrons. The Balaban J connectivity index is 1.71. The number of hydrogen-bond donors (Lipinski definition) is 2. The summed E-state index contributed by atoms with van der Waals surface area (Å²) in [6.45, 7) is 8.31. The molecule has 1 aliphatic rings. The van der Waals surface area contributed by atoms with E-state index in [0.29, 0.717) is 18.1 Å². The van der Waals surface area contributed by atoms with E-state index in [2.05, 4.69) is 16.8 Å². The van der Waals surface area contributed by atoms with Crippen LogP contribution in [-0.2, 0) is 6.61 Å². The van der Waals surface area contributed by atoms with Gasteiger partial charge in [-0.2, -0.15) is 0 Å². The number of piperazine rings is 1. The van der Waals surface area contributed by atoms with Gasteiger partial charge in [0.25, 0.3) is 0 Å². The van der Waals surface area contributed by atoms with E-state index in [-0.39, 0.29) is 6.04 Å². The Labute approximate surface area is 156 Å². The maximum absolute atomic E-state index is 10.6. The van der Waals surface area contributed by atoms with Crippen LogP contribution in [0.25, 0.3) is 0 Å². The van der Waals surface area contributed by atoms with Gasteiger partial charge in [0.2, 0.25) is 0 Å². The van der Waals surface area contributed by atoms with Crippen molar-refractivity contribution in [2.45, 2.75) is 25.5 Å². The van der Waals surface area contributed by atoms with Crippen LogP contribution >= 0.6 is 0 Å². The molecule has 4 heteroatoms. The summed E-state index contributed by atoms with van der Waals surface area (Å²) in [6.07, 6.45) is 3.84. The predicted molar refractivity (Wildman–Crippen MR) is 105 cm³/mol. The zero-order valence-corrected chi connectivity index (χ0v) is 15.2. The smallest absolute Gasteiger partial charge is 0.124 e. The molecule has 4 nitrogen and oxygen atoms in total. The van der Waals surface area contributed by atoms with Gasteiger partial charge in [0.1, 0.15) is 18.1 Å². The van der Waals surface area contributed by atoms with Crippen LogP contribution in [0.1, 0.15) is 30.0 Å². The Morgan fingerprint density at radius 3 is 2.62 bits per heavy atom. The van der Waals surface area contributed by atoms with Crippen molar-refractivity contribution in [2.24, 2.45) is 0 Å². The molecule has 138 valence electrons. The molecular weight excluding hydrogens is 324 g/mol. The number of rotatable bonds is 8. The molecule has 0 spiro atoms. The van der Waals surface area contributed by atoms with Gasteiger partial charge >= 0.3 is 0 Å². The first-order valence-electron chi connectivity index (χ1n) is 9.33. The fourth-order valence-electron chi connectivity index (χ4n) is 3.44. The lowest BCUT2D eigenvalue weighted by Gasteiger charge is -2.35. The number of ether oxygens (including phenoxy) is 1. The number of benzene rings is 2. The van der Waals surface area contributed by atoms with Gasteiger partial charge in [-0.25, -0.2) is 0 Å². The van der Waals surface area contributed by atoms with Crippen LogP contribution in [0.2, 0.25) is 0 Å². The van der Waals surface area contributed by atoms with Crippen molar-refractivity contribution in [1.29, 1.82) is 0 Å². The summed E-state index contributed by atoms with van der Waals surface area (Å²) >= 11 is 0. The second kappa shape index (κ2) is 9.41. The van der Waals surface area contributed by atoms with E-state index in [4.69, 9.17) is 4.74 Å². The number of aromatic hydroxyl groups is 1. The second-order valence-electron chi connectivity index (χ2n) is 6.66. The lowest BCUT2D eigenvalue weighted by atomic mass is 9.98. The fraction of sp³-hybridized carbons (Fsp3) is 0.364. The largest absolute Gasteiger partial charge is 0.507 e. The molecule has 1 fully saturated rings. The topological polar surface area (TPSA) is 44.7 Å². The normalized spacial score (nSPS) is 16.2. The van der Waals surface area contributed by atoms with E-state index in [9.17, 15) is 5.11 Å². The SMILES string of the molecule is C=CCC[C@H](c1ccc(OCc2ccccc2)cc1O)N1CCNCC1. The van der Waals surface area contributed by atoms with Crippen LogP contribution in [0.5, 0.6) is 11.5 Å². The van der Waals surface area contributed by atoms with E-state index >= 15 is 0 Å². The minimum absolute atomic E-state index is 0.207. The molecule has 1 aliphatic heterocycles. The Kier molecular flexibility index (Phi) is 6.69. The van der Waals surface area contributed by atoms with Crippen molar-refractivity contribution in [2.75, 3.05) is 26.2 Å². The summed E-state index contributed by atoms with van der Waals surface area (Å²) < 4.78 is 5.83. The minimum Gasteiger partial charge on any atom is -0.507 e. The van der Waals surface area contributed by atoms with Crippen LogP contribution in [0.3, 0.4) is 0 Å². The quantitative estimate of drug-likeness (QED) is 0.708. The zero-order valence-electron chi connectivity index (χ0n) is 15.2. The van der Waals surface area contributed by atoms with Crippen molar-refractivity contribution < 1.29 is 9.84 Å². The molecular formula is C22H28N2O2. The first-order valence-corrected chi connectivity index (χ1v) is 9.33. The third-order valence-electron chi connectivity index (χ3n) is 4.85. The lowest BCUT2D eigenvalue weighted by molar-refractivity contribution is 0.163. The van der Waals surface area contributed by atoms with Gasteiger partial charge in [-0.1, -0.05) is 42.5 Å². The third kappa shape index (κ3) is 4.87. The van der Waals surface area contributed by atoms with Gasteiger partial charge in [-0.3, -0.25) is 4.90 Å². The fourth-order valence-corrected chi connectivity index (χ4v) is 3.44. The molecule has 26 heavy (non-hydrogen) atoms. The lowest BCUT2D eigenvalue weighted by Crippen LogP contribution is -2.45. The Hall–Kier alpha value is -2.30.